The molecule has 0 aromatic heterocycles. The smallest absolute Gasteiger partial charge is 0.121 e. The fraction of sp³-hybridized carbons (Fsp3) is 0.500. The minimum atomic E-state index is 0.260. The Bertz CT molecular complexity index is 282. The third-order valence-electron chi connectivity index (χ3n) is 2.42. The summed E-state index contributed by atoms with van der Waals surface area (Å²) in [4.78, 5) is 0. The van der Waals surface area contributed by atoms with Crippen LogP contribution >= 0.6 is 0 Å². The molecule has 2 nitrogen and oxygen atoms in total. The van der Waals surface area contributed by atoms with Crippen molar-refractivity contribution in [2.24, 2.45) is 0 Å². The Morgan fingerprint density at radius 3 is 2.14 bits per heavy atom. The zero-order chi connectivity index (χ0) is 10.6. The van der Waals surface area contributed by atoms with Crippen LogP contribution in [0.5, 0.6) is 5.75 Å². The molecule has 0 atom stereocenters. The number of hydrogen-bond donors (Lipinski definition) is 2. The molecule has 0 unspecified atom stereocenters. The maximum atomic E-state index is 9.56. The third kappa shape index (κ3) is 2.74. The molecule has 1 rings (SSSR count). The van der Waals surface area contributed by atoms with Gasteiger partial charge in [-0.2, -0.15) is 0 Å². The first-order chi connectivity index (χ1) is 6.65. The number of aryl methyl sites for hydroxylation is 3. The van der Waals surface area contributed by atoms with Crippen LogP contribution in [-0.2, 0) is 6.42 Å². The highest BCUT2D eigenvalue weighted by Gasteiger charge is 2.02. The summed E-state index contributed by atoms with van der Waals surface area (Å²) in [6, 6.07) is 4.03. The van der Waals surface area contributed by atoms with Gasteiger partial charge in [0.25, 0.3) is 0 Å². The van der Waals surface area contributed by atoms with Crippen molar-refractivity contribution < 1.29 is 10.2 Å². The summed E-state index contributed by atoms with van der Waals surface area (Å²) in [5, 5.41) is 18.2. The van der Waals surface area contributed by atoms with Gasteiger partial charge in [-0.25, -0.2) is 0 Å². The van der Waals surface area contributed by atoms with E-state index >= 15 is 0 Å². The molecule has 14 heavy (non-hydrogen) atoms. The summed E-state index contributed by atoms with van der Waals surface area (Å²) in [6.45, 7) is 4.09. The molecule has 0 heterocycles. The number of aromatic hydroxyl groups is 1. The molecule has 1 aromatic rings. The van der Waals surface area contributed by atoms with E-state index in [0.29, 0.717) is 5.75 Å². The number of phenols is 1. The number of benzene rings is 1. The summed E-state index contributed by atoms with van der Waals surface area (Å²) in [7, 11) is 0. The van der Waals surface area contributed by atoms with Crippen LogP contribution in [0, 0.1) is 13.8 Å². The van der Waals surface area contributed by atoms with E-state index < -0.39 is 0 Å². The van der Waals surface area contributed by atoms with Gasteiger partial charge in [0, 0.05) is 6.61 Å². The second-order valence-corrected chi connectivity index (χ2v) is 3.76. The van der Waals surface area contributed by atoms with Crippen molar-refractivity contribution in [1.82, 2.24) is 0 Å². The first-order valence-electron chi connectivity index (χ1n) is 5.05. The van der Waals surface area contributed by atoms with Crippen LogP contribution < -0.4 is 0 Å². The van der Waals surface area contributed by atoms with Crippen LogP contribution in [0.4, 0.5) is 0 Å². The largest absolute Gasteiger partial charge is 0.507 e. The zero-order valence-corrected chi connectivity index (χ0v) is 8.88. The van der Waals surface area contributed by atoms with E-state index in [2.05, 4.69) is 0 Å². The van der Waals surface area contributed by atoms with E-state index in [4.69, 9.17) is 5.11 Å². The van der Waals surface area contributed by atoms with Crippen molar-refractivity contribution in [2.75, 3.05) is 6.61 Å². The topological polar surface area (TPSA) is 40.5 Å². The maximum absolute atomic E-state index is 9.56. The average molecular weight is 194 g/mol. The highest BCUT2D eigenvalue weighted by atomic mass is 16.3. The molecule has 0 bridgehead atoms. The SMILES string of the molecule is Cc1cc(CCCCO)cc(C)c1O. The van der Waals surface area contributed by atoms with E-state index in [0.717, 1.165) is 30.4 Å². The van der Waals surface area contributed by atoms with Crippen molar-refractivity contribution in [3.8, 4) is 5.75 Å². The summed E-state index contributed by atoms with van der Waals surface area (Å²) in [5.41, 5.74) is 3.11. The van der Waals surface area contributed by atoms with E-state index in [1.165, 1.54) is 5.56 Å². The predicted molar refractivity (Wildman–Crippen MR) is 57.6 cm³/mol. The molecular weight excluding hydrogens is 176 g/mol. The lowest BCUT2D eigenvalue weighted by Crippen LogP contribution is -1.91. The van der Waals surface area contributed by atoms with Crippen LogP contribution in [0.25, 0.3) is 0 Å². The normalized spacial score (nSPS) is 10.5. The number of aliphatic hydroxyl groups excluding tert-OH is 1. The molecule has 1 aromatic carbocycles. The number of aliphatic hydroxyl groups is 1. The first kappa shape index (κ1) is 11.1. The van der Waals surface area contributed by atoms with E-state index in [-0.39, 0.29) is 6.61 Å². The Balaban J connectivity index is 2.69. The monoisotopic (exact) mass is 194 g/mol. The Morgan fingerprint density at radius 1 is 1.07 bits per heavy atom. The number of hydrogen-bond acceptors (Lipinski definition) is 2. The Hall–Kier alpha value is -1.02. The van der Waals surface area contributed by atoms with Gasteiger partial charge in [-0.3, -0.25) is 0 Å². The minimum Gasteiger partial charge on any atom is -0.507 e. The predicted octanol–water partition coefficient (Wildman–Crippen LogP) is 2.32. The van der Waals surface area contributed by atoms with Gasteiger partial charge in [0.05, 0.1) is 0 Å². The van der Waals surface area contributed by atoms with Gasteiger partial charge in [-0.15, -0.1) is 0 Å². The molecule has 0 saturated carbocycles. The first-order valence-corrected chi connectivity index (χ1v) is 5.05. The molecule has 0 spiro atoms. The van der Waals surface area contributed by atoms with E-state index in [9.17, 15) is 5.11 Å². The van der Waals surface area contributed by atoms with Gasteiger partial charge in [-0.05, 0) is 49.8 Å². The molecule has 0 amide bonds. The zero-order valence-electron chi connectivity index (χ0n) is 8.88. The van der Waals surface area contributed by atoms with Crippen LogP contribution in [0.1, 0.15) is 29.5 Å². The number of phenolic OH excluding ortho intramolecular Hbond substituents is 1. The fourth-order valence-corrected chi connectivity index (χ4v) is 1.63. The van der Waals surface area contributed by atoms with Crippen molar-refractivity contribution in [3.05, 3.63) is 28.8 Å². The van der Waals surface area contributed by atoms with Crippen LogP contribution in [0.3, 0.4) is 0 Å². The minimum absolute atomic E-state index is 0.260. The Morgan fingerprint density at radius 2 is 1.64 bits per heavy atom. The molecule has 2 heteroatoms. The lowest BCUT2D eigenvalue weighted by molar-refractivity contribution is 0.284. The lowest BCUT2D eigenvalue weighted by atomic mass is 10.0. The van der Waals surface area contributed by atoms with Gasteiger partial charge in [-0.1, -0.05) is 12.1 Å². The molecule has 0 fully saturated rings. The van der Waals surface area contributed by atoms with Crippen molar-refractivity contribution in [2.45, 2.75) is 33.1 Å². The summed E-state index contributed by atoms with van der Waals surface area (Å²) in [6.07, 6.45) is 2.82. The molecule has 0 saturated heterocycles. The second kappa shape index (κ2) is 5.01. The van der Waals surface area contributed by atoms with Crippen molar-refractivity contribution >= 4 is 0 Å². The maximum Gasteiger partial charge on any atom is 0.121 e. The van der Waals surface area contributed by atoms with Gasteiger partial charge in [0.1, 0.15) is 5.75 Å². The van der Waals surface area contributed by atoms with Crippen LogP contribution in [0.2, 0.25) is 0 Å². The molecule has 0 aliphatic carbocycles. The molecule has 0 aliphatic rings. The lowest BCUT2D eigenvalue weighted by Gasteiger charge is -2.07. The Labute approximate surface area is 85.2 Å². The van der Waals surface area contributed by atoms with Gasteiger partial charge in [0.15, 0.2) is 0 Å². The summed E-state index contributed by atoms with van der Waals surface area (Å²) < 4.78 is 0. The van der Waals surface area contributed by atoms with Crippen molar-refractivity contribution in [1.29, 1.82) is 0 Å². The molecule has 2 N–H and O–H groups in total. The highest BCUT2D eigenvalue weighted by molar-refractivity contribution is 5.42. The standard InChI is InChI=1S/C12H18O2/c1-9-7-11(5-3-4-6-13)8-10(2)12(9)14/h7-8,13-14H,3-6H2,1-2H3. The number of rotatable bonds is 4. The average Bonchev–Trinajstić information content (AvgIpc) is 2.14. The molecule has 0 radical (unpaired) electrons. The van der Waals surface area contributed by atoms with Crippen LogP contribution in [0.15, 0.2) is 12.1 Å². The third-order valence-corrected chi connectivity index (χ3v) is 2.42. The second-order valence-electron chi connectivity index (χ2n) is 3.76. The Kier molecular flexibility index (Phi) is 3.96. The van der Waals surface area contributed by atoms with Crippen molar-refractivity contribution in [3.63, 3.8) is 0 Å². The van der Waals surface area contributed by atoms with E-state index in [1.54, 1.807) is 0 Å². The van der Waals surface area contributed by atoms with Crippen LogP contribution in [-0.4, -0.2) is 16.8 Å². The summed E-state index contributed by atoms with van der Waals surface area (Å²) >= 11 is 0. The quantitative estimate of drug-likeness (QED) is 0.722. The molecular formula is C12H18O2. The summed E-state index contributed by atoms with van der Waals surface area (Å²) in [5.74, 6) is 0.399. The molecule has 0 aliphatic heterocycles. The van der Waals surface area contributed by atoms with Gasteiger partial charge < -0.3 is 10.2 Å². The van der Waals surface area contributed by atoms with Gasteiger partial charge >= 0.3 is 0 Å². The highest BCUT2D eigenvalue weighted by Crippen LogP contribution is 2.23. The van der Waals surface area contributed by atoms with Gasteiger partial charge in [0.2, 0.25) is 0 Å². The molecule has 78 valence electrons. The number of unbranched alkanes of at least 4 members (excludes halogenated alkanes) is 1. The van der Waals surface area contributed by atoms with E-state index in [1.807, 2.05) is 26.0 Å². The fourth-order valence-electron chi connectivity index (χ4n) is 1.63.